The van der Waals surface area contributed by atoms with Crippen LogP contribution in [0.25, 0.3) is 43.9 Å². The molecule has 0 aliphatic carbocycles. The van der Waals surface area contributed by atoms with Crippen molar-refractivity contribution in [2.45, 2.75) is 26.9 Å². The minimum absolute atomic E-state index is 0.344. The number of methoxy groups -OCH3 is 1. The lowest BCUT2D eigenvalue weighted by Crippen LogP contribution is -2.28. The van der Waals surface area contributed by atoms with Gasteiger partial charge in [0.25, 0.3) is 0 Å². The topological polar surface area (TPSA) is 69.8 Å². The molecule has 0 atom stereocenters. The molecule has 0 bridgehead atoms. The van der Waals surface area contributed by atoms with Gasteiger partial charge in [-0.1, -0.05) is 13.8 Å². The maximum atomic E-state index is 14.0. The number of nitrogens with zero attached hydrogens (tertiary/aromatic N) is 5. The first-order chi connectivity index (χ1) is 17.1. The predicted molar refractivity (Wildman–Crippen MR) is 138 cm³/mol. The highest BCUT2D eigenvalue weighted by atomic mass is 32.1. The maximum absolute atomic E-state index is 14.0. The molecule has 0 amide bonds. The zero-order valence-electron chi connectivity index (χ0n) is 20.2. The van der Waals surface area contributed by atoms with E-state index in [1.807, 2.05) is 38.0 Å². The van der Waals surface area contributed by atoms with E-state index < -0.39 is 0 Å². The molecule has 0 radical (unpaired) electrons. The molecule has 0 spiro atoms. The second-order valence-electron chi connectivity index (χ2n) is 8.02. The van der Waals surface area contributed by atoms with Crippen molar-refractivity contribution in [2.75, 3.05) is 13.7 Å². The molecule has 5 heterocycles. The fourth-order valence-electron chi connectivity index (χ4n) is 4.40. The van der Waals surface area contributed by atoms with Crippen LogP contribution < -0.4 is 10.1 Å². The Bertz CT molecular complexity index is 1480. The number of hydrogen-bond donors (Lipinski definition) is 1. The van der Waals surface area contributed by atoms with Crippen molar-refractivity contribution in [1.82, 2.24) is 29.9 Å². The van der Waals surface area contributed by atoms with Crippen LogP contribution in [0.1, 0.15) is 19.5 Å². The maximum Gasteiger partial charge on any atom is 0.129 e. The third-order valence-corrected chi connectivity index (χ3v) is 6.86. The van der Waals surface area contributed by atoms with E-state index in [1.54, 1.807) is 29.2 Å². The lowest BCUT2D eigenvalue weighted by molar-refractivity contribution is 0.413. The number of fused-ring (bicyclic) bond motifs is 2. The average molecular weight is 491 g/mol. The highest BCUT2D eigenvalue weighted by Crippen LogP contribution is 2.45. The third kappa shape index (κ3) is 4.11. The number of aryl methyl sites for hydroxylation is 1. The summed E-state index contributed by atoms with van der Waals surface area (Å²) in [5.74, 6) is 0.121. The van der Waals surface area contributed by atoms with E-state index in [2.05, 4.69) is 27.9 Å². The van der Waals surface area contributed by atoms with Crippen LogP contribution in [0, 0.1) is 5.82 Å². The summed E-state index contributed by atoms with van der Waals surface area (Å²) in [6.45, 7) is 6.45. The first kappa shape index (κ1) is 23.2. The Labute approximate surface area is 207 Å². The quantitative estimate of drug-likeness (QED) is 0.360. The first-order valence-corrected chi connectivity index (χ1v) is 12.5. The van der Waals surface area contributed by atoms with Crippen LogP contribution in [0.3, 0.4) is 0 Å². The number of hydrogen-bond acceptors (Lipinski definition) is 6. The second-order valence-corrected chi connectivity index (χ2v) is 8.93. The van der Waals surface area contributed by atoms with Crippen molar-refractivity contribution in [1.29, 1.82) is 0 Å². The molecular formula is C26H27FN6OS. The highest BCUT2D eigenvalue weighted by Gasteiger charge is 2.24. The highest BCUT2D eigenvalue weighted by molar-refractivity contribution is 7.18. The summed E-state index contributed by atoms with van der Waals surface area (Å²) >= 11 is 1.63. The molecule has 1 aromatic carbocycles. The van der Waals surface area contributed by atoms with Crippen LogP contribution in [-0.2, 0) is 20.1 Å². The zero-order chi connectivity index (χ0) is 24.5. The number of thiophene rings is 1. The van der Waals surface area contributed by atoms with E-state index in [0.29, 0.717) is 5.75 Å². The van der Waals surface area contributed by atoms with E-state index in [1.165, 1.54) is 12.1 Å². The number of benzene rings is 1. The SMILES string of the molecule is CC.COc1cc(F)ccc1-c1c(-c2cc3n(n2)CCNC3)nc(-c2cnn(C)c2)c2ccsc12. The molecular weight excluding hydrogens is 463 g/mol. The summed E-state index contributed by atoms with van der Waals surface area (Å²) in [7, 11) is 3.45. The molecule has 0 saturated heterocycles. The Morgan fingerprint density at radius 3 is 2.74 bits per heavy atom. The minimum Gasteiger partial charge on any atom is -0.496 e. The number of aromatic nitrogens is 5. The average Bonchev–Trinajstić information content (AvgIpc) is 3.63. The third-order valence-electron chi connectivity index (χ3n) is 5.93. The molecule has 4 aromatic heterocycles. The fraction of sp³-hybridized carbons (Fsp3) is 0.269. The van der Waals surface area contributed by atoms with Gasteiger partial charge >= 0.3 is 0 Å². The lowest BCUT2D eigenvalue weighted by atomic mass is 9.97. The van der Waals surface area contributed by atoms with Crippen LogP contribution in [0.15, 0.2) is 48.1 Å². The Morgan fingerprint density at radius 2 is 2.00 bits per heavy atom. The predicted octanol–water partition coefficient (Wildman–Crippen LogP) is 5.50. The van der Waals surface area contributed by atoms with Gasteiger partial charge in [0.2, 0.25) is 0 Å². The van der Waals surface area contributed by atoms with Crippen LogP contribution >= 0.6 is 11.3 Å². The van der Waals surface area contributed by atoms with Gasteiger partial charge in [-0.05, 0) is 29.6 Å². The van der Waals surface area contributed by atoms with Gasteiger partial charge in [0.1, 0.15) is 23.0 Å². The van der Waals surface area contributed by atoms with Crippen LogP contribution in [-0.4, -0.2) is 38.2 Å². The summed E-state index contributed by atoms with van der Waals surface area (Å²) in [6.07, 6.45) is 3.78. The molecule has 0 unspecified atom stereocenters. The number of pyridine rings is 1. The summed E-state index contributed by atoms with van der Waals surface area (Å²) < 4.78 is 24.5. The molecule has 1 aliphatic heterocycles. The zero-order valence-corrected chi connectivity index (χ0v) is 21.0. The summed E-state index contributed by atoms with van der Waals surface area (Å²) in [5, 5.41) is 15.7. The molecule has 6 rings (SSSR count). The van der Waals surface area contributed by atoms with Crippen molar-refractivity contribution < 1.29 is 9.13 Å². The van der Waals surface area contributed by atoms with Crippen LogP contribution in [0.5, 0.6) is 5.75 Å². The molecule has 180 valence electrons. The Balaban J connectivity index is 0.00000124. The lowest BCUT2D eigenvalue weighted by Gasteiger charge is -2.15. The molecule has 7 nitrogen and oxygen atoms in total. The van der Waals surface area contributed by atoms with Crippen molar-refractivity contribution in [3.63, 3.8) is 0 Å². The molecule has 35 heavy (non-hydrogen) atoms. The van der Waals surface area contributed by atoms with Gasteiger partial charge in [-0.2, -0.15) is 10.2 Å². The molecule has 1 N–H and O–H groups in total. The molecule has 9 heteroatoms. The Kier molecular flexibility index (Phi) is 6.36. The molecule has 0 saturated carbocycles. The van der Waals surface area contributed by atoms with E-state index in [-0.39, 0.29) is 5.82 Å². The van der Waals surface area contributed by atoms with Gasteiger partial charge in [-0.25, -0.2) is 9.37 Å². The number of nitrogens with one attached hydrogen (secondary N) is 1. The summed E-state index contributed by atoms with van der Waals surface area (Å²) in [4.78, 5) is 5.15. The summed E-state index contributed by atoms with van der Waals surface area (Å²) in [5.41, 5.74) is 6.12. The Hall–Kier alpha value is -3.56. The van der Waals surface area contributed by atoms with E-state index >= 15 is 0 Å². The number of ether oxygens (including phenoxy) is 1. The normalized spacial score (nSPS) is 12.8. The molecule has 0 fully saturated rings. The van der Waals surface area contributed by atoms with E-state index in [0.717, 1.165) is 69.2 Å². The van der Waals surface area contributed by atoms with Gasteiger partial charge in [0.15, 0.2) is 0 Å². The van der Waals surface area contributed by atoms with Crippen molar-refractivity contribution >= 4 is 21.4 Å². The molecule has 5 aromatic rings. The fourth-order valence-corrected chi connectivity index (χ4v) is 5.36. The van der Waals surface area contributed by atoms with Gasteiger partial charge in [-0.15, -0.1) is 11.3 Å². The second kappa shape index (κ2) is 9.59. The van der Waals surface area contributed by atoms with E-state index in [9.17, 15) is 4.39 Å². The largest absolute Gasteiger partial charge is 0.496 e. The number of rotatable bonds is 4. The van der Waals surface area contributed by atoms with Gasteiger partial charge in [-0.3, -0.25) is 9.36 Å². The summed E-state index contributed by atoms with van der Waals surface area (Å²) in [6, 6.07) is 8.78. The van der Waals surface area contributed by atoms with Crippen LogP contribution in [0.2, 0.25) is 0 Å². The number of halogens is 1. The van der Waals surface area contributed by atoms with Crippen molar-refractivity contribution in [3.05, 3.63) is 59.6 Å². The van der Waals surface area contributed by atoms with Gasteiger partial charge < -0.3 is 10.1 Å². The first-order valence-electron chi connectivity index (χ1n) is 11.6. The van der Waals surface area contributed by atoms with Gasteiger partial charge in [0, 0.05) is 59.2 Å². The van der Waals surface area contributed by atoms with Crippen molar-refractivity contribution in [3.8, 4) is 39.5 Å². The Morgan fingerprint density at radius 1 is 1.14 bits per heavy atom. The monoisotopic (exact) mass is 490 g/mol. The smallest absolute Gasteiger partial charge is 0.129 e. The van der Waals surface area contributed by atoms with E-state index in [4.69, 9.17) is 14.8 Å². The minimum atomic E-state index is -0.344. The van der Waals surface area contributed by atoms with Crippen LogP contribution in [0.4, 0.5) is 4.39 Å². The standard InChI is InChI=1S/C24H21FN6OS.C2H6/c1-30-13-14(11-27-30)22-18-5-8-33-24(18)21(17-4-3-15(25)9-20(17)32-2)23(28-22)19-10-16-12-26-6-7-31(16)29-19;1-2/h3-5,8-11,13,26H,6-7,12H2,1-2H3;1-2H3. The van der Waals surface area contributed by atoms with Crippen molar-refractivity contribution in [2.24, 2.45) is 7.05 Å². The van der Waals surface area contributed by atoms with Gasteiger partial charge in [0.05, 0.1) is 31.2 Å². The molecule has 1 aliphatic rings.